The Balaban J connectivity index is 1.90. The fourth-order valence-corrected chi connectivity index (χ4v) is 1.84. The fourth-order valence-electron chi connectivity index (χ4n) is 1.84. The highest BCUT2D eigenvalue weighted by Gasteiger charge is 2.55. The van der Waals surface area contributed by atoms with Gasteiger partial charge in [0.2, 0.25) is 0 Å². The van der Waals surface area contributed by atoms with Crippen LogP contribution in [0.4, 0.5) is 9.18 Å². The largest absolute Gasteiger partial charge is 0.444 e. The highest BCUT2D eigenvalue weighted by Crippen LogP contribution is 2.40. The molecule has 0 radical (unpaired) electrons. The molecule has 0 aliphatic carbocycles. The van der Waals surface area contributed by atoms with E-state index in [1.165, 1.54) is 4.90 Å². The maximum atomic E-state index is 13.7. The molecule has 2 fully saturated rings. The van der Waals surface area contributed by atoms with Crippen LogP contribution in [-0.4, -0.2) is 48.1 Å². The standard InChI is InChI=1S/C11H18FNO3/c1-10(2,3)16-9(14)13-5-4-11(7-15-11)8(12)6-13/h8H,4-7H2,1-3H3. The summed E-state index contributed by atoms with van der Waals surface area (Å²) in [6, 6.07) is 0. The molecule has 16 heavy (non-hydrogen) atoms. The third kappa shape index (κ3) is 2.29. The van der Waals surface area contributed by atoms with Crippen molar-refractivity contribution in [1.82, 2.24) is 4.90 Å². The Kier molecular flexibility index (Phi) is 2.61. The second kappa shape index (κ2) is 3.58. The number of hydrogen-bond acceptors (Lipinski definition) is 3. The fraction of sp³-hybridized carbons (Fsp3) is 0.909. The zero-order chi connectivity index (χ0) is 12.0. The van der Waals surface area contributed by atoms with E-state index in [4.69, 9.17) is 9.47 Å². The highest BCUT2D eigenvalue weighted by molar-refractivity contribution is 5.68. The van der Waals surface area contributed by atoms with Crippen LogP contribution in [-0.2, 0) is 9.47 Å². The number of hydrogen-bond donors (Lipinski definition) is 0. The van der Waals surface area contributed by atoms with Crippen molar-refractivity contribution in [1.29, 1.82) is 0 Å². The van der Waals surface area contributed by atoms with Gasteiger partial charge in [-0.15, -0.1) is 0 Å². The van der Waals surface area contributed by atoms with Crippen LogP contribution in [0, 0.1) is 0 Å². The predicted molar refractivity (Wildman–Crippen MR) is 56.0 cm³/mol. The van der Waals surface area contributed by atoms with Crippen molar-refractivity contribution in [2.45, 2.75) is 44.6 Å². The van der Waals surface area contributed by atoms with Gasteiger partial charge in [0.1, 0.15) is 17.4 Å². The molecule has 92 valence electrons. The number of amides is 1. The van der Waals surface area contributed by atoms with Crippen LogP contribution in [0.1, 0.15) is 27.2 Å². The van der Waals surface area contributed by atoms with Crippen molar-refractivity contribution in [3.8, 4) is 0 Å². The molecule has 2 heterocycles. The molecule has 2 atom stereocenters. The van der Waals surface area contributed by atoms with Crippen molar-refractivity contribution in [2.24, 2.45) is 0 Å². The Hall–Kier alpha value is -0.840. The first-order valence-electron chi connectivity index (χ1n) is 5.58. The van der Waals surface area contributed by atoms with Crippen LogP contribution in [0.5, 0.6) is 0 Å². The summed E-state index contributed by atoms with van der Waals surface area (Å²) in [4.78, 5) is 13.1. The van der Waals surface area contributed by atoms with Gasteiger partial charge < -0.3 is 14.4 Å². The molecule has 0 N–H and O–H groups in total. The van der Waals surface area contributed by atoms with Gasteiger partial charge in [0.25, 0.3) is 0 Å². The van der Waals surface area contributed by atoms with Gasteiger partial charge in [-0.1, -0.05) is 0 Å². The van der Waals surface area contributed by atoms with E-state index in [-0.39, 0.29) is 6.54 Å². The first-order chi connectivity index (χ1) is 7.32. The van der Waals surface area contributed by atoms with Crippen molar-refractivity contribution in [3.63, 3.8) is 0 Å². The molecule has 1 spiro atoms. The number of carbonyl (C=O) groups excluding carboxylic acids is 1. The number of epoxide rings is 1. The van der Waals surface area contributed by atoms with E-state index in [1.807, 2.05) is 0 Å². The second-order valence-corrected chi connectivity index (χ2v) is 5.50. The molecule has 2 aliphatic heterocycles. The normalized spacial score (nSPS) is 34.0. The van der Waals surface area contributed by atoms with E-state index in [0.717, 1.165) is 0 Å². The van der Waals surface area contributed by atoms with E-state index in [0.29, 0.717) is 19.6 Å². The molecule has 2 saturated heterocycles. The third-order valence-electron chi connectivity index (χ3n) is 2.92. The summed E-state index contributed by atoms with van der Waals surface area (Å²) in [6.07, 6.45) is -0.965. The lowest BCUT2D eigenvalue weighted by molar-refractivity contribution is 0.000127. The number of ether oxygens (including phenoxy) is 2. The number of nitrogens with zero attached hydrogens (tertiary/aromatic N) is 1. The average Bonchev–Trinajstić information content (AvgIpc) is 2.88. The SMILES string of the molecule is CC(C)(C)OC(=O)N1CCC2(CO2)C(F)C1. The van der Waals surface area contributed by atoms with E-state index in [9.17, 15) is 9.18 Å². The molecule has 0 aromatic rings. The van der Waals surface area contributed by atoms with Crippen LogP contribution in [0.25, 0.3) is 0 Å². The molecule has 0 aromatic heterocycles. The van der Waals surface area contributed by atoms with Crippen LogP contribution in [0.3, 0.4) is 0 Å². The summed E-state index contributed by atoms with van der Waals surface area (Å²) in [5, 5.41) is 0. The zero-order valence-electron chi connectivity index (χ0n) is 9.96. The van der Waals surface area contributed by atoms with Gasteiger partial charge in [-0.3, -0.25) is 0 Å². The van der Waals surface area contributed by atoms with Gasteiger partial charge in [-0.25, -0.2) is 9.18 Å². The second-order valence-electron chi connectivity index (χ2n) is 5.50. The Labute approximate surface area is 94.7 Å². The van der Waals surface area contributed by atoms with E-state index < -0.39 is 23.5 Å². The zero-order valence-corrected chi connectivity index (χ0v) is 9.96. The lowest BCUT2D eigenvalue weighted by Gasteiger charge is -2.34. The molecule has 0 saturated carbocycles. The van der Waals surface area contributed by atoms with Crippen LogP contribution < -0.4 is 0 Å². The summed E-state index contributed by atoms with van der Waals surface area (Å²) in [5.41, 5.74) is -1.12. The summed E-state index contributed by atoms with van der Waals surface area (Å²) in [6.45, 7) is 6.47. The van der Waals surface area contributed by atoms with Gasteiger partial charge in [0, 0.05) is 6.54 Å². The summed E-state index contributed by atoms with van der Waals surface area (Å²) < 4.78 is 24.0. The molecule has 5 heteroatoms. The number of halogens is 1. The third-order valence-corrected chi connectivity index (χ3v) is 2.92. The van der Waals surface area contributed by atoms with Gasteiger partial charge >= 0.3 is 6.09 Å². The van der Waals surface area contributed by atoms with E-state index in [1.54, 1.807) is 20.8 Å². The number of alkyl halides is 1. The van der Waals surface area contributed by atoms with Crippen LogP contribution >= 0.6 is 0 Å². The molecule has 1 amide bonds. The van der Waals surface area contributed by atoms with Gasteiger partial charge in [-0.2, -0.15) is 0 Å². The van der Waals surface area contributed by atoms with Crippen LogP contribution in [0.15, 0.2) is 0 Å². The lowest BCUT2D eigenvalue weighted by Crippen LogP contribution is -2.50. The van der Waals surface area contributed by atoms with Gasteiger partial charge in [-0.05, 0) is 27.2 Å². The highest BCUT2D eigenvalue weighted by atomic mass is 19.1. The van der Waals surface area contributed by atoms with Crippen LogP contribution in [0.2, 0.25) is 0 Å². The van der Waals surface area contributed by atoms with E-state index >= 15 is 0 Å². The first kappa shape index (κ1) is 11.6. The van der Waals surface area contributed by atoms with Gasteiger partial charge in [0.15, 0.2) is 0 Å². The minimum absolute atomic E-state index is 0.0783. The summed E-state index contributed by atoms with van der Waals surface area (Å²) in [7, 11) is 0. The van der Waals surface area contributed by atoms with Gasteiger partial charge in [0.05, 0.1) is 13.2 Å². The number of rotatable bonds is 0. The van der Waals surface area contributed by atoms with Crippen molar-refractivity contribution in [2.75, 3.05) is 19.7 Å². The minimum atomic E-state index is -1.09. The Morgan fingerprint density at radius 2 is 2.19 bits per heavy atom. The Bertz CT molecular complexity index is 296. The molecule has 2 aliphatic rings. The predicted octanol–water partition coefficient (Wildman–Crippen LogP) is 1.73. The quantitative estimate of drug-likeness (QED) is 0.596. The Morgan fingerprint density at radius 3 is 2.62 bits per heavy atom. The monoisotopic (exact) mass is 231 g/mol. The van der Waals surface area contributed by atoms with Crippen molar-refractivity contribution < 1.29 is 18.7 Å². The van der Waals surface area contributed by atoms with E-state index in [2.05, 4.69) is 0 Å². The summed E-state index contributed by atoms with van der Waals surface area (Å²) >= 11 is 0. The molecular weight excluding hydrogens is 213 g/mol. The smallest absolute Gasteiger partial charge is 0.410 e. The van der Waals surface area contributed by atoms with Crippen molar-refractivity contribution >= 4 is 6.09 Å². The lowest BCUT2D eigenvalue weighted by atomic mass is 9.96. The molecule has 0 bridgehead atoms. The number of piperidine rings is 1. The average molecular weight is 231 g/mol. The molecule has 0 aromatic carbocycles. The number of likely N-dealkylation sites (tertiary alicyclic amines) is 1. The van der Waals surface area contributed by atoms with Crippen molar-refractivity contribution in [3.05, 3.63) is 0 Å². The Morgan fingerprint density at radius 1 is 1.56 bits per heavy atom. The number of carbonyl (C=O) groups is 1. The molecule has 2 unspecified atom stereocenters. The molecular formula is C11H18FNO3. The molecule has 4 nitrogen and oxygen atoms in total. The summed E-state index contributed by atoms with van der Waals surface area (Å²) in [5.74, 6) is 0. The minimum Gasteiger partial charge on any atom is -0.444 e. The first-order valence-corrected chi connectivity index (χ1v) is 5.58. The maximum Gasteiger partial charge on any atom is 0.410 e. The maximum absolute atomic E-state index is 13.7. The topological polar surface area (TPSA) is 42.1 Å². The molecule has 2 rings (SSSR count).